The molecule has 0 spiro atoms. The van der Waals surface area contributed by atoms with Gasteiger partial charge in [0, 0.05) is 5.75 Å². The Morgan fingerprint density at radius 2 is 2.03 bits per heavy atom. The van der Waals surface area contributed by atoms with Gasteiger partial charge >= 0.3 is 5.97 Å². The number of aryl methyl sites for hydroxylation is 1. The number of thioether (sulfide) groups is 1. The van der Waals surface area contributed by atoms with Gasteiger partial charge in [-0.05, 0) is 31.6 Å². The number of amides is 2. The number of β-lactam (4-membered cyclic amide) rings is 1. The van der Waals surface area contributed by atoms with Gasteiger partial charge in [-0.25, -0.2) is 4.79 Å². The molecule has 1 unspecified atom stereocenters. The Hall–Kier alpha value is -2.92. The zero-order valence-corrected chi connectivity index (χ0v) is 18.9. The molecule has 0 aliphatic carbocycles. The van der Waals surface area contributed by atoms with Gasteiger partial charge in [0.2, 0.25) is 0 Å². The first-order valence-electron chi connectivity index (χ1n) is 9.38. The number of nitrogens with zero attached hydrogens (tertiary/aromatic N) is 3. The van der Waals surface area contributed by atoms with Gasteiger partial charge in [-0.15, -0.1) is 10.2 Å². The van der Waals surface area contributed by atoms with E-state index in [4.69, 9.17) is 9.47 Å². The van der Waals surface area contributed by atoms with Gasteiger partial charge in [0.15, 0.2) is 10.9 Å². The van der Waals surface area contributed by atoms with Crippen molar-refractivity contribution in [3.63, 3.8) is 0 Å². The first kappa shape index (κ1) is 22.8. The Kier molecular flexibility index (Phi) is 7.64. The minimum absolute atomic E-state index is 0.181. The highest BCUT2D eigenvalue weighted by atomic mass is 32.2. The van der Waals surface area contributed by atoms with Crippen LogP contribution in [0.15, 0.2) is 45.9 Å². The summed E-state index contributed by atoms with van der Waals surface area (Å²) >= 11 is 2.89. The van der Waals surface area contributed by atoms with Crippen molar-refractivity contribution in [3.8, 4) is 5.75 Å². The van der Waals surface area contributed by atoms with Crippen LogP contribution in [0, 0.1) is 6.92 Å². The number of nitrogens with one attached hydrogen (secondary N) is 1. The fourth-order valence-electron chi connectivity index (χ4n) is 2.82. The number of aromatic nitrogens is 2. The monoisotopic (exact) mass is 462 g/mol. The van der Waals surface area contributed by atoms with Crippen LogP contribution in [-0.4, -0.2) is 64.9 Å². The second-order valence-electron chi connectivity index (χ2n) is 6.67. The third kappa shape index (κ3) is 5.82. The zero-order chi connectivity index (χ0) is 22.4. The largest absolute Gasteiger partial charge is 0.484 e. The molecule has 1 aromatic heterocycles. The predicted molar refractivity (Wildman–Crippen MR) is 116 cm³/mol. The predicted octanol–water partition coefficient (Wildman–Crippen LogP) is 1.79. The summed E-state index contributed by atoms with van der Waals surface area (Å²) in [5.74, 6) is -0.370. The smallest absolute Gasteiger partial charge is 0.354 e. The van der Waals surface area contributed by atoms with E-state index in [0.717, 1.165) is 9.35 Å². The molecule has 0 saturated carbocycles. The zero-order valence-electron chi connectivity index (χ0n) is 17.3. The van der Waals surface area contributed by atoms with Crippen molar-refractivity contribution in [3.05, 3.63) is 46.6 Å². The molecule has 1 aliphatic rings. The van der Waals surface area contributed by atoms with Crippen molar-refractivity contribution in [1.29, 1.82) is 0 Å². The molecule has 3 rings (SSSR count). The summed E-state index contributed by atoms with van der Waals surface area (Å²) < 4.78 is 11.0. The number of methoxy groups -OCH3 is 1. The average molecular weight is 463 g/mol. The molecule has 2 heterocycles. The van der Waals surface area contributed by atoms with Crippen molar-refractivity contribution in [2.45, 2.75) is 24.2 Å². The van der Waals surface area contributed by atoms with E-state index >= 15 is 0 Å². The molecule has 1 aliphatic heterocycles. The van der Waals surface area contributed by atoms with Crippen LogP contribution in [0.25, 0.3) is 0 Å². The van der Waals surface area contributed by atoms with E-state index in [0.29, 0.717) is 17.1 Å². The Balaban J connectivity index is 1.57. The molecule has 31 heavy (non-hydrogen) atoms. The maximum absolute atomic E-state index is 12.6. The summed E-state index contributed by atoms with van der Waals surface area (Å²) in [5, 5.41) is 11.5. The number of para-hydroxylation sites is 1. The molecule has 1 N–H and O–H groups in total. The number of rotatable bonds is 9. The van der Waals surface area contributed by atoms with E-state index in [-0.39, 0.29) is 24.8 Å². The van der Waals surface area contributed by atoms with Crippen molar-refractivity contribution in [1.82, 2.24) is 20.4 Å². The fourth-order valence-corrected chi connectivity index (χ4v) is 4.59. The second-order valence-corrected chi connectivity index (χ2v) is 9.07. The number of esters is 1. The lowest BCUT2D eigenvalue weighted by Gasteiger charge is -2.39. The highest BCUT2D eigenvalue weighted by molar-refractivity contribution is 8.01. The van der Waals surface area contributed by atoms with Gasteiger partial charge in [-0.3, -0.25) is 9.59 Å². The van der Waals surface area contributed by atoms with Crippen molar-refractivity contribution < 1.29 is 23.9 Å². The molecule has 0 bridgehead atoms. The van der Waals surface area contributed by atoms with E-state index in [2.05, 4.69) is 15.5 Å². The van der Waals surface area contributed by atoms with Crippen LogP contribution in [0.1, 0.15) is 11.9 Å². The van der Waals surface area contributed by atoms with Crippen molar-refractivity contribution in [2.75, 3.05) is 26.0 Å². The molecule has 9 nitrogen and oxygen atoms in total. The number of hydrogen-bond acceptors (Lipinski definition) is 9. The first-order valence-corrected chi connectivity index (χ1v) is 11.2. The minimum atomic E-state index is -0.710. The molecule has 2 aromatic rings. The Morgan fingerprint density at radius 3 is 2.65 bits per heavy atom. The van der Waals surface area contributed by atoms with Crippen LogP contribution in [0.4, 0.5) is 0 Å². The third-order valence-corrected chi connectivity index (χ3v) is 6.49. The molecule has 0 radical (unpaired) electrons. The molecule has 2 amide bonds. The van der Waals surface area contributed by atoms with E-state index < -0.39 is 17.9 Å². The molecule has 1 atom stereocenters. The summed E-state index contributed by atoms with van der Waals surface area (Å²) in [6.45, 7) is 3.60. The summed E-state index contributed by atoms with van der Waals surface area (Å²) in [6, 6.07) is 8.21. The van der Waals surface area contributed by atoms with Crippen LogP contribution in [0.3, 0.4) is 0 Å². The molecule has 1 aromatic carbocycles. The SMILES string of the molecule is COC(=O)/C(=C(/C)CSc1nnc(C)s1)N1CC(NC(=O)COc2ccccc2)C1=O. The number of carbonyl (C=O) groups excluding carboxylic acids is 3. The van der Waals surface area contributed by atoms with Crippen molar-refractivity contribution >= 4 is 40.9 Å². The maximum atomic E-state index is 12.6. The topological polar surface area (TPSA) is 111 Å². The van der Waals surface area contributed by atoms with Gasteiger partial charge in [0.1, 0.15) is 22.5 Å². The fraction of sp³-hybridized carbons (Fsp3) is 0.350. The highest BCUT2D eigenvalue weighted by Gasteiger charge is 2.42. The highest BCUT2D eigenvalue weighted by Crippen LogP contribution is 2.28. The minimum Gasteiger partial charge on any atom is -0.484 e. The van der Waals surface area contributed by atoms with Gasteiger partial charge < -0.3 is 19.7 Å². The van der Waals surface area contributed by atoms with Crippen LogP contribution in [-0.2, 0) is 19.1 Å². The van der Waals surface area contributed by atoms with Crippen LogP contribution < -0.4 is 10.1 Å². The standard InChI is InChI=1S/C20H22N4O5S2/c1-12(11-30-20-23-22-13(2)31-20)17(19(27)28-3)24-9-15(18(24)26)21-16(25)10-29-14-7-5-4-6-8-14/h4-8,15H,9-11H2,1-3H3,(H,21,25)/b17-12+. The lowest BCUT2D eigenvalue weighted by atomic mass is 10.0. The molecule has 1 fully saturated rings. The van der Waals surface area contributed by atoms with Gasteiger partial charge in [-0.2, -0.15) is 0 Å². The van der Waals surface area contributed by atoms with Crippen LogP contribution >= 0.6 is 23.1 Å². The summed E-state index contributed by atoms with van der Waals surface area (Å²) in [5.41, 5.74) is 0.863. The Labute approximate surface area is 187 Å². The normalized spacial score (nSPS) is 16.3. The molecule has 11 heteroatoms. The number of ether oxygens (including phenoxy) is 2. The van der Waals surface area contributed by atoms with E-state index in [9.17, 15) is 14.4 Å². The lowest BCUT2D eigenvalue weighted by molar-refractivity contribution is -0.150. The van der Waals surface area contributed by atoms with E-state index in [1.165, 1.54) is 35.1 Å². The average Bonchev–Trinajstić information content (AvgIpc) is 3.20. The summed E-state index contributed by atoms with van der Waals surface area (Å²) in [4.78, 5) is 38.4. The Morgan fingerprint density at radius 1 is 1.29 bits per heavy atom. The molecular weight excluding hydrogens is 440 g/mol. The molecular formula is C20H22N4O5S2. The quantitative estimate of drug-likeness (QED) is 0.260. The van der Waals surface area contributed by atoms with Gasteiger partial charge in [-0.1, -0.05) is 41.3 Å². The summed E-state index contributed by atoms with van der Waals surface area (Å²) in [7, 11) is 1.27. The van der Waals surface area contributed by atoms with Gasteiger partial charge in [0.25, 0.3) is 11.8 Å². The maximum Gasteiger partial charge on any atom is 0.354 e. The van der Waals surface area contributed by atoms with Crippen LogP contribution in [0.5, 0.6) is 5.75 Å². The van der Waals surface area contributed by atoms with Crippen molar-refractivity contribution in [2.24, 2.45) is 0 Å². The molecule has 1 saturated heterocycles. The summed E-state index contributed by atoms with van der Waals surface area (Å²) in [6.07, 6.45) is 0. The first-order chi connectivity index (χ1) is 14.9. The number of carbonyl (C=O) groups is 3. The molecule has 164 valence electrons. The second kappa shape index (κ2) is 10.4. The van der Waals surface area contributed by atoms with Gasteiger partial charge in [0.05, 0.1) is 13.7 Å². The number of hydrogen-bond donors (Lipinski definition) is 1. The van der Waals surface area contributed by atoms with E-state index in [1.54, 1.807) is 31.2 Å². The lowest BCUT2D eigenvalue weighted by Crippen LogP contribution is -2.64. The van der Waals surface area contributed by atoms with Crippen LogP contribution in [0.2, 0.25) is 0 Å². The third-order valence-electron chi connectivity index (χ3n) is 4.35. The number of benzene rings is 1. The number of likely N-dealkylation sites (tertiary alicyclic amines) is 1. The Bertz CT molecular complexity index is 992. The van der Waals surface area contributed by atoms with E-state index in [1.807, 2.05) is 13.0 Å².